The van der Waals surface area contributed by atoms with E-state index in [0.29, 0.717) is 18.0 Å². The first-order valence-corrected chi connectivity index (χ1v) is 8.88. The van der Waals surface area contributed by atoms with Gasteiger partial charge in [0.05, 0.1) is 7.11 Å². The van der Waals surface area contributed by atoms with Crippen LogP contribution in [-0.4, -0.2) is 23.0 Å². The SMILES string of the molecule is COc1ncc(-c2ccnc(C)c2)cc1NC(=O)CC(C)c1ccccc1. The summed E-state index contributed by atoms with van der Waals surface area (Å²) in [6.45, 7) is 3.98. The number of carbonyl (C=O) groups excluding carboxylic acids is 1. The molecular formula is C22H23N3O2. The molecule has 1 aromatic carbocycles. The van der Waals surface area contributed by atoms with Gasteiger partial charge in [0.25, 0.3) is 0 Å². The van der Waals surface area contributed by atoms with E-state index in [-0.39, 0.29) is 11.8 Å². The first kappa shape index (κ1) is 18.6. The zero-order chi connectivity index (χ0) is 19.2. The van der Waals surface area contributed by atoms with Crippen LogP contribution in [0.15, 0.2) is 60.9 Å². The molecule has 0 radical (unpaired) electrons. The number of carbonyl (C=O) groups is 1. The summed E-state index contributed by atoms with van der Waals surface area (Å²) in [5.74, 6) is 0.441. The summed E-state index contributed by atoms with van der Waals surface area (Å²) in [6, 6.07) is 15.8. The molecule has 138 valence electrons. The summed E-state index contributed by atoms with van der Waals surface area (Å²) in [6.07, 6.45) is 3.87. The fourth-order valence-electron chi connectivity index (χ4n) is 2.97. The van der Waals surface area contributed by atoms with Crippen LogP contribution in [0.5, 0.6) is 5.88 Å². The van der Waals surface area contributed by atoms with Crippen molar-refractivity contribution in [1.82, 2.24) is 9.97 Å². The van der Waals surface area contributed by atoms with Gasteiger partial charge in [-0.25, -0.2) is 4.98 Å². The van der Waals surface area contributed by atoms with Gasteiger partial charge in [-0.1, -0.05) is 37.3 Å². The number of aryl methyl sites for hydroxylation is 1. The molecule has 0 aliphatic heterocycles. The fourth-order valence-corrected chi connectivity index (χ4v) is 2.97. The highest BCUT2D eigenvalue weighted by Gasteiger charge is 2.15. The Morgan fingerprint density at radius 1 is 1.11 bits per heavy atom. The van der Waals surface area contributed by atoms with Crippen LogP contribution in [0.1, 0.15) is 30.5 Å². The summed E-state index contributed by atoms with van der Waals surface area (Å²) < 4.78 is 5.31. The second kappa shape index (κ2) is 8.45. The number of aromatic nitrogens is 2. The molecule has 0 bridgehead atoms. The second-order valence-corrected chi connectivity index (χ2v) is 6.53. The average Bonchev–Trinajstić information content (AvgIpc) is 2.68. The molecule has 1 unspecified atom stereocenters. The lowest BCUT2D eigenvalue weighted by atomic mass is 9.97. The van der Waals surface area contributed by atoms with Crippen molar-refractivity contribution in [1.29, 1.82) is 0 Å². The zero-order valence-corrected chi connectivity index (χ0v) is 15.8. The lowest BCUT2D eigenvalue weighted by Gasteiger charge is -2.14. The van der Waals surface area contributed by atoms with Crippen LogP contribution < -0.4 is 10.1 Å². The number of nitrogens with zero attached hydrogens (tertiary/aromatic N) is 2. The van der Waals surface area contributed by atoms with E-state index in [2.05, 4.69) is 15.3 Å². The van der Waals surface area contributed by atoms with E-state index in [1.54, 1.807) is 19.5 Å². The molecule has 5 nitrogen and oxygen atoms in total. The number of methoxy groups -OCH3 is 1. The Hall–Kier alpha value is -3.21. The molecule has 0 aliphatic rings. The predicted molar refractivity (Wildman–Crippen MR) is 107 cm³/mol. The topological polar surface area (TPSA) is 64.1 Å². The Morgan fingerprint density at radius 3 is 2.59 bits per heavy atom. The van der Waals surface area contributed by atoms with Crippen LogP contribution in [0.2, 0.25) is 0 Å². The van der Waals surface area contributed by atoms with Crippen molar-refractivity contribution in [3.05, 3.63) is 72.2 Å². The molecule has 0 fully saturated rings. The number of ether oxygens (including phenoxy) is 1. The molecule has 2 aromatic heterocycles. The van der Waals surface area contributed by atoms with E-state index < -0.39 is 0 Å². The van der Waals surface area contributed by atoms with Gasteiger partial charge in [-0.05, 0) is 42.2 Å². The number of benzene rings is 1. The van der Waals surface area contributed by atoms with Gasteiger partial charge in [0.1, 0.15) is 5.69 Å². The van der Waals surface area contributed by atoms with Gasteiger partial charge in [0, 0.05) is 30.1 Å². The minimum absolute atomic E-state index is 0.0745. The highest BCUT2D eigenvalue weighted by molar-refractivity contribution is 5.93. The summed E-state index contributed by atoms with van der Waals surface area (Å²) in [4.78, 5) is 21.1. The third kappa shape index (κ3) is 4.70. The van der Waals surface area contributed by atoms with Gasteiger partial charge < -0.3 is 10.1 Å². The maximum Gasteiger partial charge on any atom is 0.237 e. The van der Waals surface area contributed by atoms with Gasteiger partial charge in [-0.15, -0.1) is 0 Å². The highest BCUT2D eigenvalue weighted by atomic mass is 16.5. The molecule has 27 heavy (non-hydrogen) atoms. The first-order valence-electron chi connectivity index (χ1n) is 8.88. The monoisotopic (exact) mass is 361 g/mol. The third-order valence-corrected chi connectivity index (χ3v) is 4.41. The van der Waals surface area contributed by atoms with E-state index in [1.807, 2.05) is 62.4 Å². The van der Waals surface area contributed by atoms with Gasteiger partial charge in [0.2, 0.25) is 11.8 Å². The molecule has 3 rings (SSSR count). The second-order valence-electron chi connectivity index (χ2n) is 6.53. The summed E-state index contributed by atoms with van der Waals surface area (Å²) >= 11 is 0. The Kier molecular flexibility index (Phi) is 5.81. The standard InChI is InChI=1S/C22H23N3O2/c1-15(17-7-5-4-6-8-17)11-21(26)25-20-13-19(14-24-22(20)27-3)18-9-10-23-16(2)12-18/h4-10,12-15H,11H2,1-3H3,(H,25,26). The predicted octanol–water partition coefficient (Wildman–Crippen LogP) is 4.59. The zero-order valence-electron chi connectivity index (χ0n) is 15.8. The lowest BCUT2D eigenvalue weighted by Crippen LogP contribution is -2.15. The number of rotatable bonds is 6. The van der Waals surface area contributed by atoms with Crippen LogP contribution in [0.4, 0.5) is 5.69 Å². The van der Waals surface area contributed by atoms with Crippen molar-refractivity contribution in [2.24, 2.45) is 0 Å². The normalized spacial score (nSPS) is 11.7. The molecule has 1 N–H and O–H groups in total. The Bertz CT molecular complexity index is 926. The van der Waals surface area contributed by atoms with Crippen molar-refractivity contribution in [3.8, 4) is 17.0 Å². The Balaban J connectivity index is 1.78. The van der Waals surface area contributed by atoms with Crippen molar-refractivity contribution in [2.45, 2.75) is 26.2 Å². The van der Waals surface area contributed by atoms with Crippen LogP contribution in [0, 0.1) is 6.92 Å². The molecular weight excluding hydrogens is 338 g/mol. The summed E-state index contributed by atoms with van der Waals surface area (Å²) in [5, 5.41) is 2.94. The molecule has 0 spiro atoms. The lowest BCUT2D eigenvalue weighted by molar-refractivity contribution is -0.116. The fraction of sp³-hybridized carbons (Fsp3) is 0.227. The highest BCUT2D eigenvalue weighted by Crippen LogP contribution is 2.29. The molecule has 0 aliphatic carbocycles. The Morgan fingerprint density at radius 2 is 1.89 bits per heavy atom. The number of anilines is 1. The van der Waals surface area contributed by atoms with Crippen molar-refractivity contribution in [3.63, 3.8) is 0 Å². The molecule has 1 atom stereocenters. The first-order chi connectivity index (χ1) is 13.1. The summed E-state index contributed by atoms with van der Waals surface area (Å²) in [7, 11) is 1.54. The smallest absolute Gasteiger partial charge is 0.237 e. The quantitative estimate of drug-likeness (QED) is 0.697. The van der Waals surface area contributed by atoms with Crippen molar-refractivity contribution in [2.75, 3.05) is 12.4 Å². The summed E-state index contributed by atoms with van der Waals surface area (Å²) in [5.41, 5.74) is 4.51. The van der Waals surface area contributed by atoms with Crippen LogP contribution in [0.25, 0.3) is 11.1 Å². The number of hydrogen-bond acceptors (Lipinski definition) is 4. The maximum absolute atomic E-state index is 12.6. The van der Waals surface area contributed by atoms with Crippen molar-refractivity contribution >= 4 is 11.6 Å². The van der Waals surface area contributed by atoms with Crippen LogP contribution in [0.3, 0.4) is 0 Å². The molecule has 1 amide bonds. The molecule has 3 aromatic rings. The molecule has 5 heteroatoms. The maximum atomic E-state index is 12.6. The van der Waals surface area contributed by atoms with E-state index in [0.717, 1.165) is 22.4 Å². The number of nitrogens with one attached hydrogen (secondary N) is 1. The van der Waals surface area contributed by atoms with Crippen molar-refractivity contribution < 1.29 is 9.53 Å². The van der Waals surface area contributed by atoms with Gasteiger partial charge >= 0.3 is 0 Å². The number of hydrogen-bond donors (Lipinski definition) is 1. The van der Waals surface area contributed by atoms with E-state index >= 15 is 0 Å². The largest absolute Gasteiger partial charge is 0.480 e. The number of amides is 1. The molecule has 2 heterocycles. The van der Waals surface area contributed by atoms with Gasteiger partial charge in [0.15, 0.2) is 0 Å². The van der Waals surface area contributed by atoms with Crippen LogP contribution in [-0.2, 0) is 4.79 Å². The molecule has 0 saturated carbocycles. The third-order valence-electron chi connectivity index (χ3n) is 4.41. The van der Waals surface area contributed by atoms with E-state index in [1.165, 1.54) is 0 Å². The van der Waals surface area contributed by atoms with E-state index in [4.69, 9.17) is 4.74 Å². The van der Waals surface area contributed by atoms with Gasteiger partial charge in [-0.2, -0.15) is 0 Å². The van der Waals surface area contributed by atoms with Gasteiger partial charge in [-0.3, -0.25) is 9.78 Å². The van der Waals surface area contributed by atoms with Crippen LogP contribution >= 0.6 is 0 Å². The average molecular weight is 361 g/mol. The minimum Gasteiger partial charge on any atom is -0.480 e. The number of pyridine rings is 2. The molecule has 0 saturated heterocycles. The Labute approximate surface area is 159 Å². The minimum atomic E-state index is -0.0745. The van der Waals surface area contributed by atoms with E-state index in [9.17, 15) is 4.79 Å².